The van der Waals surface area contributed by atoms with Gasteiger partial charge in [-0.15, -0.1) is 0 Å². The zero-order valence-corrected chi connectivity index (χ0v) is 7.17. The van der Waals surface area contributed by atoms with Crippen LogP contribution in [-0.2, 0) is 0 Å². The van der Waals surface area contributed by atoms with Crippen LogP contribution < -0.4 is 0 Å². The monoisotopic (exact) mass is 178 g/mol. The van der Waals surface area contributed by atoms with E-state index in [-0.39, 0.29) is 14.9 Å². The molecule has 0 unspecified atom stereocenters. The van der Waals surface area contributed by atoms with Crippen molar-refractivity contribution in [3.05, 3.63) is 35.9 Å². The first-order valence-electron chi connectivity index (χ1n) is 4.25. The summed E-state index contributed by atoms with van der Waals surface area (Å²) in [5, 5.41) is 0. The minimum atomic E-state index is 0. The lowest BCUT2D eigenvalue weighted by atomic mass is 10.0. The third-order valence-electron chi connectivity index (χ3n) is 2.72. The van der Waals surface area contributed by atoms with E-state index in [1.165, 1.54) is 12.0 Å². The van der Waals surface area contributed by atoms with Gasteiger partial charge in [-0.25, -0.2) is 0 Å². The maximum absolute atomic E-state index is 2.34. The molecule has 0 nitrogen and oxygen atoms in total. The van der Waals surface area contributed by atoms with Gasteiger partial charge in [-0.2, -0.15) is 0 Å². The maximum Gasteiger partial charge on any atom is -0.0105 e. The van der Waals surface area contributed by atoms with Gasteiger partial charge in [-0.1, -0.05) is 59.0 Å². The van der Waals surface area contributed by atoms with Crippen LogP contribution in [-0.4, -0.2) is 0 Å². The van der Waals surface area contributed by atoms with Gasteiger partial charge in [-0.05, 0) is 23.3 Å². The Bertz CT molecular complexity index is 246. The molecule has 0 radical (unpaired) electrons. The molecule has 1 aromatic carbocycles. The molecule has 2 rings (SSSR count). The van der Waals surface area contributed by atoms with Crippen LogP contribution in [0.25, 0.3) is 0 Å². The highest BCUT2D eigenvalue weighted by Gasteiger charge is 2.46. The van der Waals surface area contributed by atoms with Gasteiger partial charge in [0.1, 0.15) is 0 Å². The van der Waals surface area contributed by atoms with Crippen molar-refractivity contribution in [2.24, 2.45) is 5.41 Å². The minimum Gasteiger partial charge on any atom is -0.0776 e. The largest absolute Gasteiger partial charge is 0.0776 e. The Morgan fingerprint density at radius 3 is 1.92 bits per heavy atom. The zero-order valence-electron chi connectivity index (χ0n) is 7.17. The van der Waals surface area contributed by atoms with Crippen LogP contribution in [0.2, 0.25) is 0 Å². The van der Waals surface area contributed by atoms with Crippen LogP contribution in [0.15, 0.2) is 30.3 Å². The van der Waals surface area contributed by atoms with Crippen LogP contribution in [0, 0.1) is 5.41 Å². The summed E-state index contributed by atoms with van der Waals surface area (Å²) in [4.78, 5) is 0. The Morgan fingerprint density at radius 2 is 1.54 bits per heavy atom. The van der Waals surface area contributed by atoms with Crippen molar-refractivity contribution in [2.45, 2.75) is 41.0 Å². The molecule has 0 heterocycles. The van der Waals surface area contributed by atoms with Crippen LogP contribution in [0.5, 0.6) is 0 Å². The molecule has 0 saturated heterocycles. The molecular weight excluding hydrogens is 156 g/mol. The summed E-state index contributed by atoms with van der Waals surface area (Å²) in [6.45, 7) is 4.68. The highest BCUT2D eigenvalue weighted by Crippen LogP contribution is 2.58. The molecule has 0 N–H and O–H groups in total. The second-order valence-electron chi connectivity index (χ2n) is 4.16. The molecule has 13 heavy (non-hydrogen) atoms. The smallest absolute Gasteiger partial charge is 0.0105 e. The highest BCUT2D eigenvalue weighted by atomic mass is 14.5. The molecule has 1 saturated carbocycles. The van der Waals surface area contributed by atoms with Crippen molar-refractivity contribution >= 4 is 0 Å². The van der Waals surface area contributed by atoms with Crippen molar-refractivity contribution in [1.82, 2.24) is 0 Å². The summed E-state index contributed by atoms with van der Waals surface area (Å²) in [6.07, 6.45) is 1.36. The third kappa shape index (κ3) is 2.33. The van der Waals surface area contributed by atoms with E-state index in [4.69, 9.17) is 0 Å². The third-order valence-corrected chi connectivity index (χ3v) is 2.72. The molecule has 1 fully saturated rings. The molecule has 1 aromatic rings. The summed E-state index contributed by atoms with van der Waals surface area (Å²) >= 11 is 0. The van der Waals surface area contributed by atoms with Gasteiger partial charge < -0.3 is 0 Å². The van der Waals surface area contributed by atoms with E-state index in [0.29, 0.717) is 5.41 Å². The summed E-state index contributed by atoms with van der Waals surface area (Å²) in [6, 6.07) is 10.8. The quantitative estimate of drug-likeness (QED) is 0.595. The second-order valence-corrected chi connectivity index (χ2v) is 4.16. The predicted octanol–water partition coefficient (Wildman–Crippen LogP) is 4.47. The first-order chi connectivity index (χ1) is 5.20. The van der Waals surface area contributed by atoms with Gasteiger partial charge in [0.2, 0.25) is 0 Å². The van der Waals surface area contributed by atoms with Crippen molar-refractivity contribution < 1.29 is 0 Å². The molecule has 0 spiro atoms. The van der Waals surface area contributed by atoms with Gasteiger partial charge in [0.15, 0.2) is 0 Å². The molecule has 74 valence electrons. The Morgan fingerprint density at radius 1 is 1.08 bits per heavy atom. The van der Waals surface area contributed by atoms with E-state index in [2.05, 4.69) is 44.2 Å². The lowest BCUT2D eigenvalue weighted by Gasteiger charge is -2.01. The van der Waals surface area contributed by atoms with Crippen molar-refractivity contribution in [3.63, 3.8) is 0 Å². The summed E-state index contributed by atoms with van der Waals surface area (Å²) in [5.41, 5.74) is 2.08. The van der Waals surface area contributed by atoms with E-state index >= 15 is 0 Å². The number of hydrogen-bond donors (Lipinski definition) is 0. The first-order valence-corrected chi connectivity index (χ1v) is 4.25. The molecule has 0 bridgehead atoms. The van der Waals surface area contributed by atoms with E-state index in [1.54, 1.807) is 0 Å². The Labute approximate surface area is 83.0 Å². The number of rotatable bonds is 1. The van der Waals surface area contributed by atoms with E-state index in [0.717, 1.165) is 5.92 Å². The minimum absolute atomic E-state index is 0. The first kappa shape index (κ1) is 12.2. The van der Waals surface area contributed by atoms with E-state index < -0.39 is 0 Å². The lowest BCUT2D eigenvalue weighted by Crippen LogP contribution is -1.88. The van der Waals surface area contributed by atoms with Crippen LogP contribution in [0.3, 0.4) is 0 Å². The average Bonchev–Trinajstić information content (AvgIpc) is 2.62. The molecular formula is C13H22. The van der Waals surface area contributed by atoms with Gasteiger partial charge >= 0.3 is 0 Å². The maximum atomic E-state index is 2.34. The number of hydrogen-bond acceptors (Lipinski definition) is 0. The second kappa shape index (κ2) is 3.95. The molecule has 0 amide bonds. The lowest BCUT2D eigenvalue weighted by molar-refractivity contribution is 0.622. The fourth-order valence-electron chi connectivity index (χ4n) is 1.72. The van der Waals surface area contributed by atoms with E-state index in [9.17, 15) is 0 Å². The summed E-state index contributed by atoms with van der Waals surface area (Å²) in [7, 11) is 0. The normalized spacial score (nSPS) is 22.5. The van der Waals surface area contributed by atoms with Crippen molar-refractivity contribution in [2.75, 3.05) is 0 Å². The topological polar surface area (TPSA) is 0 Å². The molecule has 0 aliphatic heterocycles. The summed E-state index contributed by atoms with van der Waals surface area (Å²) < 4.78 is 0. The predicted molar refractivity (Wildman–Crippen MR) is 61.0 cm³/mol. The Balaban J connectivity index is 0.000000720. The average molecular weight is 178 g/mol. The van der Waals surface area contributed by atoms with Gasteiger partial charge in [0.25, 0.3) is 0 Å². The number of benzene rings is 1. The zero-order chi connectivity index (χ0) is 7.90. The standard InChI is InChI=1S/C11H14.2CH4/c1-11(2)8-10(11)9-6-4-3-5-7-9;;/h3-7,10H,8H2,1-2H3;2*1H4/t10-;;/m1../s1. The Hall–Kier alpha value is -0.780. The molecule has 1 atom stereocenters. The summed E-state index contributed by atoms with van der Waals surface area (Å²) in [5.74, 6) is 0.823. The molecule has 0 aromatic heterocycles. The Kier molecular flexibility index (Phi) is 3.71. The van der Waals surface area contributed by atoms with Crippen molar-refractivity contribution in [3.8, 4) is 0 Å². The molecule has 0 heteroatoms. The molecule has 1 aliphatic rings. The fourth-order valence-corrected chi connectivity index (χ4v) is 1.72. The SMILES string of the molecule is C.C.CC1(C)C[C@@H]1c1ccccc1. The van der Waals surface area contributed by atoms with Gasteiger partial charge in [0, 0.05) is 0 Å². The van der Waals surface area contributed by atoms with E-state index in [1.807, 2.05) is 0 Å². The van der Waals surface area contributed by atoms with Crippen molar-refractivity contribution in [1.29, 1.82) is 0 Å². The van der Waals surface area contributed by atoms with Crippen LogP contribution in [0.1, 0.15) is 46.6 Å². The van der Waals surface area contributed by atoms with Gasteiger partial charge in [0.05, 0.1) is 0 Å². The fraction of sp³-hybridized carbons (Fsp3) is 0.538. The molecule has 1 aliphatic carbocycles. The van der Waals surface area contributed by atoms with Crippen LogP contribution >= 0.6 is 0 Å². The van der Waals surface area contributed by atoms with Gasteiger partial charge in [-0.3, -0.25) is 0 Å². The highest BCUT2D eigenvalue weighted by molar-refractivity contribution is 5.27. The van der Waals surface area contributed by atoms with Crippen LogP contribution in [0.4, 0.5) is 0 Å².